The van der Waals surface area contributed by atoms with Gasteiger partial charge in [0.2, 0.25) is 5.95 Å². The largest absolute Gasteiger partial charge is 0.382 e. The molecular formula is C29H38N6O3. The maximum atomic E-state index is 5.77. The number of hydrogen-bond donors (Lipinski definition) is 1. The molecular weight excluding hydrogens is 480 g/mol. The highest BCUT2D eigenvalue weighted by molar-refractivity contribution is 5.89. The van der Waals surface area contributed by atoms with Crippen LogP contribution in [0.15, 0.2) is 35.7 Å². The third kappa shape index (κ3) is 5.19. The molecule has 0 aromatic carbocycles. The summed E-state index contributed by atoms with van der Waals surface area (Å²) in [5, 5.41) is 8.15. The minimum Gasteiger partial charge on any atom is -0.382 e. The Kier molecular flexibility index (Phi) is 7.41. The van der Waals surface area contributed by atoms with Crippen molar-refractivity contribution in [1.29, 1.82) is 0 Å². The van der Waals surface area contributed by atoms with Crippen molar-refractivity contribution in [2.45, 2.75) is 58.1 Å². The standard InChI is InChI=1S/C29H38N6O3/c1-18(20-5-8-37-9-6-20)26-13-21-12-22(16-30-28(21)32-19(26)2)25-4-7-35-27(25)17-31-29(34-35)33-23-14-24(15-23)38-11-10-36-3/h4,7,12,16-18,20,23-24,26H,5-6,8-11,13-15H2,1-3H3,(H,33,34)/t18-,23?,24?,26-/m1/s1. The molecule has 5 heterocycles. The van der Waals surface area contributed by atoms with Crippen LogP contribution in [-0.2, 0) is 20.6 Å². The molecule has 2 fully saturated rings. The van der Waals surface area contributed by atoms with Crippen LogP contribution in [0.4, 0.5) is 11.8 Å². The molecule has 0 radical (unpaired) electrons. The first-order valence-corrected chi connectivity index (χ1v) is 13.9. The van der Waals surface area contributed by atoms with Gasteiger partial charge in [0, 0.05) is 61.5 Å². The number of fused-ring (bicyclic) bond motifs is 2. The molecule has 1 aliphatic carbocycles. The summed E-state index contributed by atoms with van der Waals surface area (Å²) < 4.78 is 18.3. The second-order valence-electron chi connectivity index (χ2n) is 11.0. The molecule has 3 aromatic heterocycles. The van der Waals surface area contributed by atoms with Gasteiger partial charge in [-0.15, -0.1) is 5.10 Å². The summed E-state index contributed by atoms with van der Waals surface area (Å²) in [6.45, 7) is 7.60. The summed E-state index contributed by atoms with van der Waals surface area (Å²) in [6.07, 6.45) is 11.3. The van der Waals surface area contributed by atoms with Gasteiger partial charge in [0.25, 0.3) is 0 Å². The lowest BCUT2D eigenvalue weighted by molar-refractivity contribution is -0.0261. The van der Waals surface area contributed by atoms with Crippen molar-refractivity contribution in [3.8, 4) is 11.1 Å². The number of ether oxygens (including phenoxy) is 3. The normalized spacial score (nSPS) is 24.5. The lowest BCUT2D eigenvalue weighted by Crippen LogP contribution is -2.41. The summed E-state index contributed by atoms with van der Waals surface area (Å²) in [5.74, 6) is 3.22. The number of nitrogens with one attached hydrogen (secondary N) is 1. The van der Waals surface area contributed by atoms with E-state index < -0.39 is 0 Å². The van der Waals surface area contributed by atoms with Crippen LogP contribution in [-0.4, -0.2) is 71.0 Å². The molecule has 0 amide bonds. The molecule has 2 atom stereocenters. The third-order valence-corrected chi connectivity index (χ3v) is 8.64. The molecule has 0 unspecified atom stereocenters. The lowest BCUT2D eigenvalue weighted by Gasteiger charge is -2.35. The Morgan fingerprint density at radius 1 is 1.16 bits per heavy atom. The van der Waals surface area contributed by atoms with Crippen molar-refractivity contribution in [2.75, 3.05) is 38.9 Å². The minimum absolute atomic E-state index is 0.286. The molecule has 3 aliphatic rings. The van der Waals surface area contributed by atoms with Crippen molar-refractivity contribution in [1.82, 2.24) is 19.6 Å². The van der Waals surface area contributed by atoms with E-state index in [1.54, 1.807) is 7.11 Å². The number of anilines is 1. The number of pyridine rings is 1. The Bertz CT molecular complexity index is 1290. The predicted octanol–water partition coefficient (Wildman–Crippen LogP) is 4.72. The topological polar surface area (TPSA) is 95.2 Å². The molecule has 202 valence electrons. The Morgan fingerprint density at radius 3 is 2.82 bits per heavy atom. The Labute approximate surface area is 224 Å². The summed E-state index contributed by atoms with van der Waals surface area (Å²) in [7, 11) is 1.69. The molecule has 3 aromatic rings. The number of rotatable bonds is 9. The molecule has 38 heavy (non-hydrogen) atoms. The van der Waals surface area contributed by atoms with Crippen molar-refractivity contribution in [3.05, 3.63) is 36.3 Å². The Morgan fingerprint density at radius 2 is 2.00 bits per heavy atom. The second kappa shape index (κ2) is 11.1. The summed E-state index contributed by atoms with van der Waals surface area (Å²) in [6, 6.07) is 4.70. The summed E-state index contributed by atoms with van der Waals surface area (Å²) >= 11 is 0. The van der Waals surface area contributed by atoms with Crippen LogP contribution in [0.2, 0.25) is 0 Å². The zero-order valence-electron chi connectivity index (χ0n) is 22.6. The smallest absolute Gasteiger partial charge is 0.241 e. The van der Waals surface area contributed by atoms with Gasteiger partial charge in [-0.1, -0.05) is 6.92 Å². The molecule has 9 nitrogen and oxygen atoms in total. The highest BCUT2D eigenvalue weighted by atomic mass is 16.5. The van der Waals surface area contributed by atoms with Gasteiger partial charge in [-0.05, 0) is 68.6 Å². The second-order valence-corrected chi connectivity index (χ2v) is 11.0. The van der Waals surface area contributed by atoms with Gasteiger partial charge in [-0.3, -0.25) is 0 Å². The zero-order valence-corrected chi connectivity index (χ0v) is 22.6. The number of aliphatic imine (C=N–C) groups is 1. The number of hydrogen-bond acceptors (Lipinski definition) is 8. The van der Waals surface area contributed by atoms with Gasteiger partial charge < -0.3 is 19.5 Å². The van der Waals surface area contributed by atoms with Gasteiger partial charge in [0.15, 0.2) is 5.82 Å². The van der Waals surface area contributed by atoms with E-state index in [1.165, 1.54) is 11.3 Å². The number of aromatic nitrogens is 4. The average molecular weight is 519 g/mol. The van der Waals surface area contributed by atoms with Crippen LogP contribution in [0.25, 0.3) is 16.6 Å². The van der Waals surface area contributed by atoms with Crippen molar-refractivity contribution in [3.63, 3.8) is 0 Å². The number of nitrogens with zero attached hydrogens (tertiary/aromatic N) is 5. The van der Waals surface area contributed by atoms with E-state index in [0.717, 1.165) is 67.8 Å². The van der Waals surface area contributed by atoms with Gasteiger partial charge in [-0.2, -0.15) is 0 Å². The predicted molar refractivity (Wildman–Crippen MR) is 147 cm³/mol. The molecule has 6 rings (SSSR count). The molecule has 1 N–H and O–H groups in total. The van der Waals surface area contributed by atoms with Crippen LogP contribution in [0.5, 0.6) is 0 Å². The average Bonchev–Trinajstić information content (AvgIpc) is 3.34. The summed E-state index contributed by atoms with van der Waals surface area (Å²) in [5.41, 5.74) is 5.57. The van der Waals surface area contributed by atoms with Crippen LogP contribution in [0.3, 0.4) is 0 Å². The monoisotopic (exact) mass is 518 g/mol. The van der Waals surface area contributed by atoms with Crippen LogP contribution < -0.4 is 5.32 Å². The summed E-state index contributed by atoms with van der Waals surface area (Å²) in [4.78, 5) is 14.3. The van der Waals surface area contributed by atoms with Crippen molar-refractivity contribution >= 4 is 23.0 Å². The van der Waals surface area contributed by atoms with E-state index in [0.29, 0.717) is 43.0 Å². The third-order valence-electron chi connectivity index (χ3n) is 8.64. The molecule has 1 saturated carbocycles. The first-order valence-electron chi connectivity index (χ1n) is 13.9. The van der Waals surface area contributed by atoms with E-state index in [2.05, 4.69) is 36.3 Å². The molecule has 0 bridgehead atoms. The molecule has 2 aliphatic heterocycles. The van der Waals surface area contributed by atoms with Crippen LogP contribution >= 0.6 is 0 Å². The van der Waals surface area contributed by atoms with E-state index >= 15 is 0 Å². The van der Waals surface area contributed by atoms with E-state index in [1.807, 2.05) is 23.1 Å². The lowest BCUT2D eigenvalue weighted by atomic mass is 9.74. The molecule has 9 heteroatoms. The van der Waals surface area contributed by atoms with Gasteiger partial charge in [0.05, 0.1) is 31.0 Å². The highest BCUT2D eigenvalue weighted by Crippen LogP contribution is 2.38. The zero-order chi connectivity index (χ0) is 26.1. The first-order chi connectivity index (χ1) is 18.6. The van der Waals surface area contributed by atoms with Gasteiger partial charge >= 0.3 is 0 Å². The van der Waals surface area contributed by atoms with Gasteiger partial charge in [-0.25, -0.2) is 19.5 Å². The fourth-order valence-electron chi connectivity index (χ4n) is 6.18. The van der Waals surface area contributed by atoms with Crippen LogP contribution in [0, 0.1) is 17.8 Å². The highest BCUT2D eigenvalue weighted by Gasteiger charge is 2.33. The fraction of sp³-hybridized carbons (Fsp3) is 0.586. The molecule has 0 spiro atoms. The van der Waals surface area contributed by atoms with Gasteiger partial charge in [0.1, 0.15) is 0 Å². The fourth-order valence-corrected chi connectivity index (χ4v) is 6.18. The Hall–Kier alpha value is -2.88. The Balaban J connectivity index is 1.15. The quantitative estimate of drug-likeness (QED) is 0.409. The minimum atomic E-state index is 0.286. The maximum Gasteiger partial charge on any atom is 0.241 e. The first kappa shape index (κ1) is 25.4. The van der Waals surface area contributed by atoms with E-state index in [-0.39, 0.29) is 6.10 Å². The van der Waals surface area contributed by atoms with E-state index in [9.17, 15) is 0 Å². The van der Waals surface area contributed by atoms with E-state index in [4.69, 9.17) is 29.3 Å². The van der Waals surface area contributed by atoms with Crippen molar-refractivity contribution < 1.29 is 14.2 Å². The van der Waals surface area contributed by atoms with Crippen LogP contribution in [0.1, 0.15) is 45.1 Å². The van der Waals surface area contributed by atoms with Crippen molar-refractivity contribution in [2.24, 2.45) is 22.7 Å². The maximum absolute atomic E-state index is 5.77. The number of methoxy groups -OCH3 is 1. The molecule has 1 saturated heterocycles. The SMILES string of the molecule is COCCOC1CC(Nc2ncc3c(-c4cnc5c(c4)C[C@H]([C@H](C)C4CCOCC4)C(C)=N5)ccn3n2)C1.